The average molecular weight is 402 g/mol. The zero-order valence-electron chi connectivity index (χ0n) is 14.4. The summed E-state index contributed by atoms with van der Waals surface area (Å²) in [6.07, 6.45) is -4.84. The van der Waals surface area contributed by atoms with E-state index in [1.165, 1.54) is 24.3 Å². The Morgan fingerprint density at radius 3 is 2.43 bits per heavy atom. The van der Waals surface area contributed by atoms with Crippen LogP contribution in [0, 0.1) is 5.92 Å². The number of benzene rings is 1. The second-order valence-electron chi connectivity index (χ2n) is 6.07. The van der Waals surface area contributed by atoms with Gasteiger partial charge in [0.05, 0.1) is 19.0 Å². The molecule has 28 heavy (non-hydrogen) atoms. The predicted molar refractivity (Wildman–Crippen MR) is 90.4 cm³/mol. The van der Waals surface area contributed by atoms with Crippen LogP contribution >= 0.6 is 0 Å². The molecule has 0 bridgehead atoms. The molecule has 0 aliphatic carbocycles. The summed E-state index contributed by atoms with van der Waals surface area (Å²) in [5, 5.41) is 0. The SMILES string of the molecule is O=c1oc2ccc(-c3ccc(OC(F)(F)F)cc3)nc2n1CC(CF)CCF. The predicted octanol–water partition coefficient (Wildman–Crippen LogP) is 4.50. The van der Waals surface area contributed by atoms with Crippen molar-refractivity contribution in [2.45, 2.75) is 19.3 Å². The number of hydrogen-bond acceptors (Lipinski definition) is 4. The first kappa shape index (κ1) is 19.8. The second-order valence-corrected chi connectivity index (χ2v) is 6.07. The van der Waals surface area contributed by atoms with Crippen LogP contribution in [-0.2, 0) is 6.54 Å². The van der Waals surface area contributed by atoms with Gasteiger partial charge in [-0.3, -0.25) is 13.3 Å². The minimum atomic E-state index is -4.79. The first-order chi connectivity index (χ1) is 13.3. The van der Waals surface area contributed by atoms with E-state index in [4.69, 9.17) is 4.42 Å². The molecule has 0 aliphatic heterocycles. The summed E-state index contributed by atoms with van der Waals surface area (Å²) in [6.45, 7) is -1.62. The normalized spacial score (nSPS) is 13.0. The van der Waals surface area contributed by atoms with Crippen LogP contribution in [0.15, 0.2) is 45.6 Å². The van der Waals surface area contributed by atoms with Crippen molar-refractivity contribution in [3.05, 3.63) is 46.9 Å². The summed E-state index contributed by atoms with van der Waals surface area (Å²) in [6, 6.07) is 8.05. The van der Waals surface area contributed by atoms with E-state index in [0.717, 1.165) is 16.7 Å². The maximum atomic E-state index is 13.0. The molecule has 5 nitrogen and oxygen atoms in total. The lowest BCUT2D eigenvalue weighted by Gasteiger charge is -2.11. The van der Waals surface area contributed by atoms with Crippen LogP contribution in [0.1, 0.15) is 6.42 Å². The number of fused-ring (bicyclic) bond motifs is 1. The smallest absolute Gasteiger partial charge is 0.406 e. The van der Waals surface area contributed by atoms with Gasteiger partial charge in [-0.1, -0.05) is 0 Å². The van der Waals surface area contributed by atoms with E-state index < -0.39 is 31.4 Å². The van der Waals surface area contributed by atoms with Crippen molar-refractivity contribution in [2.75, 3.05) is 13.3 Å². The molecule has 0 spiro atoms. The number of rotatable bonds is 7. The lowest BCUT2D eigenvalue weighted by Crippen LogP contribution is -2.22. The van der Waals surface area contributed by atoms with Crippen molar-refractivity contribution < 1.29 is 31.1 Å². The number of oxazole rings is 1. The minimum Gasteiger partial charge on any atom is -0.406 e. The van der Waals surface area contributed by atoms with Crippen LogP contribution in [0.25, 0.3) is 22.5 Å². The summed E-state index contributed by atoms with van der Waals surface area (Å²) in [5.41, 5.74) is 1.16. The summed E-state index contributed by atoms with van der Waals surface area (Å²) in [7, 11) is 0. The van der Waals surface area contributed by atoms with E-state index in [0.29, 0.717) is 11.3 Å². The Balaban J connectivity index is 1.93. The zero-order chi connectivity index (χ0) is 20.3. The Labute approximate surface area is 155 Å². The van der Waals surface area contributed by atoms with Gasteiger partial charge in [-0.05, 0) is 42.8 Å². The molecule has 150 valence electrons. The van der Waals surface area contributed by atoms with Gasteiger partial charge in [-0.15, -0.1) is 13.2 Å². The Hall–Kier alpha value is -2.91. The fourth-order valence-corrected chi connectivity index (χ4v) is 2.72. The Morgan fingerprint density at radius 2 is 1.82 bits per heavy atom. The van der Waals surface area contributed by atoms with Crippen molar-refractivity contribution in [1.29, 1.82) is 0 Å². The van der Waals surface area contributed by atoms with Gasteiger partial charge < -0.3 is 9.15 Å². The van der Waals surface area contributed by atoms with Gasteiger partial charge >= 0.3 is 12.1 Å². The van der Waals surface area contributed by atoms with Crippen LogP contribution in [-0.4, -0.2) is 29.3 Å². The molecular formula is C18H15F5N2O3. The molecule has 0 saturated heterocycles. The quantitative estimate of drug-likeness (QED) is 0.546. The first-order valence-corrected chi connectivity index (χ1v) is 8.29. The molecule has 0 amide bonds. The number of hydrogen-bond donors (Lipinski definition) is 0. The fraction of sp³-hybridized carbons (Fsp3) is 0.333. The third-order valence-electron chi connectivity index (χ3n) is 4.07. The standard InChI is InChI=1S/C18H15F5N2O3/c19-8-7-11(9-20)10-25-16-15(27-17(25)26)6-5-14(24-16)12-1-3-13(4-2-12)28-18(21,22)23/h1-6,11H,7-10H2. The molecule has 0 fully saturated rings. The molecule has 3 rings (SSSR count). The van der Waals surface area contributed by atoms with E-state index in [1.54, 1.807) is 0 Å². The van der Waals surface area contributed by atoms with Crippen molar-refractivity contribution >= 4 is 11.2 Å². The lowest BCUT2D eigenvalue weighted by molar-refractivity contribution is -0.274. The number of aromatic nitrogens is 2. The van der Waals surface area contributed by atoms with E-state index in [2.05, 4.69) is 9.72 Å². The van der Waals surface area contributed by atoms with Gasteiger partial charge in [-0.25, -0.2) is 9.78 Å². The van der Waals surface area contributed by atoms with Gasteiger partial charge in [0.25, 0.3) is 0 Å². The first-order valence-electron chi connectivity index (χ1n) is 8.29. The van der Waals surface area contributed by atoms with Crippen LogP contribution in [0.4, 0.5) is 22.0 Å². The number of nitrogens with zero attached hydrogens (tertiary/aromatic N) is 2. The molecule has 0 N–H and O–H groups in total. The topological polar surface area (TPSA) is 57.3 Å². The molecule has 0 saturated carbocycles. The van der Waals surface area contributed by atoms with E-state index >= 15 is 0 Å². The number of pyridine rings is 1. The zero-order valence-corrected chi connectivity index (χ0v) is 14.4. The molecule has 1 aromatic carbocycles. The van der Waals surface area contributed by atoms with Crippen molar-refractivity contribution in [3.8, 4) is 17.0 Å². The maximum Gasteiger partial charge on any atom is 0.573 e. The van der Waals surface area contributed by atoms with Crippen LogP contribution in [0.2, 0.25) is 0 Å². The summed E-state index contributed by atoms with van der Waals surface area (Å²) in [4.78, 5) is 16.3. The number of halogens is 5. The third kappa shape index (κ3) is 4.49. The van der Waals surface area contributed by atoms with E-state index in [1.807, 2.05) is 0 Å². The van der Waals surface area contributed by atoms with Crippen LogP contribution in [0.3, 0.4) is 0 Å². The third-order valence-corrected chi connectivity index (χ3v) is 4.07. The van der Waals surface area contributed by atoms with Gasteiger partial charge in [0.15, 0.2) is 11.2 Å². The van der Waals surface area contributed by atoms with Gasteiger partial charge in [0.2, 0.25) is 0 Å². The van der Waals surface area contributed by atoms with Gasteiger partial charge in [-0.2, -0.15) is 0 Å². The molecule has 3 aromatic rings. The van der Waals surface area contributed by atoms with Gasteiger partial charge in [0.1, 0.15) is 5.75 Å². The monoisotopic (exact) mass is 402 g/mol. The highest BCUT2D eigenvalue weighted by molar-refractivity contribution is 5.73. The van der Waals surface area contributed by atoms with E-state index in [9.17, 15) is 26.7 Å². The lowest BCUT2D eigenvalue weighted by atomic mass is 10.1. The summed E-state index contributed by atoms with van der Waals surface area (Å²) in [5.74, 6) is -1.83. The molecule has 2 aromatic heterocycles. The van der Waals surface area contributed by atoms with Crippen LogP contribution in [0.5, 0.6) is 5.75 Å². The highest BCUT2D eigenvalue weighted by atomic mass is 19.4. The maximum absolute atomic E-state index is 13.0. The van der Waals surface area contributed by atoms with Gasteiger partial charge in [0, 0.05) is 18.0 Å². The highest BCUT2D eigenvalue weighted by Gasteiger charge is 2.31. The summed E-state index contributed by atoms with van der Waals surface area (Å²) < 4.78 is 72.3. The molecule has 10 heteroatoms. The molecule has 2 heterocycles. The number of alkyl halides is 5. The highest BCUT2D eigenvalue weighted by Crippen LogP contribution is 2.27. The fourth-order valence-electron chi connectivity index (χ4n) is 2.72. The van der Waals surface area contributed by atoms with E-state index in [-0.39, 0.29) is 29.9 Å². The Morgan fingerprint density at radius 1 is 1.11 bits per heavy atom. The minimum absolute atomic E-state index is 0.0457. The molecule has 1 unspecified atom stereocenters. The Bertz CT molecular complexity index is 995. The molecule has 1 atom stereocenters. The number of ether oxygens (including phenoxy) is 1. The largest absolute Gasteiger partial charge is 0.573 e. The van der Waals surface area contributed by atoms with Crippen molar-refractivity contribution in [3.63, 3.8) is 0 Å². The molecule has 0 radical (unpaired) electrons. The average Bonchev–Trinajstić information content (AvgIpc) is 2.95. The van der Waals surface area contributed by atoms with Crippen molar-refractivity contribution in [2.24, 2.45) is 5.92 Å². The second kappa shape index (κ2) is 7.99. The van der Waals surface area contributed by atoms with Crippen LogP contribution < -0.4 is 10.5 Å². The molecule has 0 aliphatic rings. The summed E-state index contributed by atoms with van der Waals surface area (Å²) >= 11 is 0. The Kier molecular flexibility index (Phi) is 5.66. The van der Waals surface area contributed by atoms with Crippen molar-refractivity contribution in [1.82, 2.24) is 9.55 Å². The molecular weight excluding hydrogens is 387 g/mol.